The van der Waals surface area contributed by atoms with Crippen LogP contribution in [-0.2, 0) is 4.74 Å². The van der Waals surface area contributed by atoms with E-state index in [9.17, 15) is 0 Å². The lowest BCUT2D eigenvalue weighted by Gasteiger charge is -2.07. The van der Waals surface area contributed by atoms with E-state index in [4.69, 9.17) is 14.9 Å². The summed E-state index contributed by atoms with van der Waals surface area (Å²) in [6, 6.07) is 0. The molecule has 0 aromatic rings. The Kier molecular flexibility index (Phi) is 12.4. The Morgan fingerprint density at radius 1 is 1.12 bits per heavy atom. The lowest BCUT2D eigenvalue weighted by molar-refractivity contribution is 0.00526. The summed E-state index contributed by atoms with van der Waals surface area (Å²) < 4.78 is 5.21. The topological polar surface area (TPSA) is 49.7 Å². The van der Waals surface area contributed by atoms with E-state index < -0.39 is 6.10 Å². The molecule has 1 unspecified atom stereocenters. The Bertz CT molecular complexity index is 157. The number of allylic oxidation sites excluding steroid dienone is 2. The third kappa shape index (κ3) is 11.7. The summed E-state index contributed by atoms with van der Waals surface area (Å²) in [7, 11) is 0. The number of hydrogen-bond donors (Lipinski definition) is 2. The van der Waals surface area contributed by atoms with Gasteiger partial charge in [-0.25, -0.2) is 0 Å². The minimum atomic E-state index is -0.723. The third-order valence-electron chi connectivity index (χ3n) is 2.33. The molecular formula is C13H26O3. The Hall–Kier alpha value is -0.380. The van der Waals surface area contributed by atoms with E-state index >= 15 is 0 Å². The molecule has 0 aromatic carbocycles. The Labute approximate surface area is 99.1 Å². The average Bonchev–Trinajstić information content (AvgIpc) is 2.31. The molecule has 0 saturated carbocycles. The van der Waals surface area contributed by atoms with E-state index in [2.05, 4.69) is 19.1 Å². The van der Waals surface area contributed by atoms with Crippen LogP contribution >= 0.6 is 0 Å². The standard InChI is InChI=1S/C13H26O3/c1-2-3-4-5-6-7-8-9-10-16-12-13(15)11-14/h3-4,13-15H,2,5-12H2,1H3. The molecule has 0 aliphatic carbocycles. The van der Waals surface area contributed by atoms with E-state index in [1.807, 2.05) is 0 Å². The number of rotatable bonds is 11. The van der Waals surface area contributed by atoms with Gasteiger partial charge in [-0.1, -0.05) is 31.9 Å². The SMILES string of the molecule is CCC=CCCCCCCOCC(O)CO. The van der Waals surface area contributed by atoms with Crippen LogP contribution in [0.3, 0.4) is 0 Å². The molecule has 3 nitrogen and oxygen atoms in total. The highest BCUT2D eigenvalue weighted by Crippen LogP contribution is 2.04. The summed E-state index contributed by atoms with van der Waals surface area (Å²) in [5.41, 5.74) is 0. The smallest absolute Gasteiger partial charge is 0.100 e. The van der Waals surface area contributed by atoms with Crippen molar-refractivity contribution in [2.75, 3.05) is 19.8 Å². The average molecular weight is 230 g/mol. The fourth-order valence-corrected chi connectivity index (χ4v) is 1.38. The van der Waals surface area contributed by atoms with Crippen LogP contribution in [-0.4, -0.2) is 36.1 Å². The minimum absolute atomic E-state index is 0.218. The van der Waals surface area contributed by atoms with Gasteiger partial charge in [-0.2, -0.15) is 0 Å². The fraction of sp³-hybridized carbons (Fsp3) is 0.846. The molecule has 1 atom stereocenters. The van der Waals surface area contributed by atoms with E-state index in [1.165, 1.54) is 25.7 Å². The van der Waals surface area contributed by atoms with Crippen LogP contribution in [0.15, 0.2) is 12.2 Å². The number of aliphatic hydroxyl groups excluding tert-OH is 2. The van der Waals surface area contributed by atoms with Crippen molar-refractivity contribution in [3.63, 3.8) is 0 Å². The molecule has 2 N–H and O–H groups in total. The maximum absolute atomic E-state index is 9.00. The second-order valence-electron chi connectivity index (χ2n) is 3.99. The molecule has 0 spiro atoms. The number of hydrogen-bond acceptors (Lipinski definition) is 3. The summed E-state index contributed by atoms with van der Waals surface area (Å²) in [5.74, 6) is 0. The van der Waals surface area contributed by atoms with Crippen LogP contribution < -0.4 is 0 Å². The number of ether oxygens (including phenoxy) is 1. The summed E-state index contributed by atoms with van der Waals surface area (Å²) in [5, 5.41) is 17.5. The first-order valence-corrected chi connectivity index (χ1v) is 6.33. The lowest BCUT2D eigenvalue weighted by atomic mass is 10.1. The molecule has 3 heteroatoms. The van der Waals surface area contributed by atoms with Crippen molar-refractivity contribution in [1.82, 2.24) is 0 Å². The van der Waals surface area contributed by atoms with E-state index in [-0.39, 0.29) is 13.2 Å². The van der Waals surface area contributed by atoms with Crippen molar-refractivity contribution in [3.8, 4) is 0 Å². The lowest BCUT2D eigenvalue weighted by Crippen LogP contribution is -2.19. The van der Waals surface area contributed by atoms with Crippen LogP contribution in [0.5, 0.6) is 0 Å². The van der Waals surface area contributed by atoms with Crippen molar-refractivity contribution in [1.29, 1.82) is 0 Å². The zero-order chi connectivity index (χ0) is 12.1. The largest absolute Gasteiger partial charge is 0.394 e. The molecule has 0 heterocycles. The molecule has 96 valence electrons. The molecule has 0 amide bonds. The van der Waals surface area contributed by atoms with Gasteiger partial charge in [-0.3, -0.25) is 0 Å². The van der Waals surface area contributed by atoms with Crippen LogP contribution in [0.25, 0.3) is 0 Å². The molecular weight excluding hydrogens is 204 g/mol. The first kappa shape index (κ1) is 15.6. The summed E-state index contributed by atoms with van der Waals surface area (Å²) >= 11 is 0. The summed E-state index contributed by atoms with van der Waals surface area (Å²) in [6.45, 7) is 2.86. The van der Waals surface area contributed by atoms with Gasteiger partial charge in [0, 0.05) is 6.61 Å². The number of aliphatic hydroxyl groups is 2. The van der Waals surface area contributed by atoms with Gasteiger partial charge in [0.05, 0.1) is 13.2 Å². The maximum Gasteiger partial charge on any atom is 0.100 e. The Balaban J connectivity index is 3.01. The molecule has 0 bridgehead atoms. The van der Waals surface area contributed by atoms with Gasteiger partial charge >= 0.3 is 0 Å². The fourth-order valence-electron chi connectivity index (χ4n) is 1.38. The first-order valence-electron chi connectivity index (χ1n) is 6.33. The highest BCUT2D eigenvalue weighted by atomic mass is 16.5. The highest BCUT2D eigenvalue weighted by molar-refractivity contribution is 4.79. The quantitative estimate of drug-likeness (QED) is 0.423. The Morgan fingerprint density at radius 2 is 1.88 bits per heavy atom. The zero-order valence-corrected chi connectivity index (χ0v) is 10.4. The number of unbranched alkanes of at least 4 members (excludes halogenated alkanes) is 4. The maximum atomic E-state index is 9.00. The van der Waals surface area contributed by atoms with Crippen molar-refractivity contribution < 1.29 is 14.9 Å². The zero-order valence-electron chi connectivity index (χ0n) is 10.4. The van der Waals surface area contributed by atoms with Crippen LogP contribution in [0.1, 0.15) is 45.4 Å². The molecule has 0 rings (SSSR count). The summed E-state index contributed by atoms with van der Waals surface area (Å²) in [6.07, 6.45) is 10.7. The Morgan fingerprint density at radius 3 is 2.56 bits per heavy atom. The molecule has 16 heavy (non-hydrogen) atoms. The van der Waals surface area contributed by atoms with Crippen molar-refractivity contribution >= 4 is 0 Å². The first-order chi connectivity index (χ1) is 7.81. The summed E-state index contributed by atoms with van der Waals surface area (Å²) in [4.78, 5) is 0. The van der Waals surface area contributed by atoms with E-state index in [0.717, 1.165) is 12.8 Å². The highest BCUT2D eigenvalue weighted by Gasteiger charge is 2.00. The molecule has 0 radical (unpaired) electrons. The third-order valence-corrected chi connectivity index (χ3v) is 2.33. The van der Waals surface area contributed by atoms with Gasteiger partial charge in [0.25, 0.3) is 0 Å². The van der Waals surface area contributed by atoms with Crippen LogP contribution in [0.4, 0.5) is 0 Å². The predicted molar refractivity (Wildman–Crippen MR) is 66.4 cm³/mol. The normalized spacial score (nSPS) is 13.4. The predicted octanol–water partition coefficient (Wildman–Crippen LogP) is 2.27. The second-order valence-corrected chi connectivity index (χ2v) is 3.99. The van der Waals surface area contributed by atoms with E-state index in [1.54, 1.807) is 0 Å². The second kappa shape index (κ2) is 12.7. The van der Waals surface area contributed by atoms with Crippen LogP contribution in [0, 0.1) is 0 Å². The molecule has 0 saturated heterocycles. The monoisotopic (exact) mass is 230 g/mol. The van der Waals surface area contributed by atoms with Gasteiger partial charge < -0.3 is 14.9 Å². The molecule has 0 aromatic heterocycles. The van der Waals surface area contributed by atoms with Gasteiger partial charge in [0.1, 0.15) is 6.10 Å². The van der Waals surface area contributed by atoms with Crippen molar-refractivity contribution in [2.45, 2.75) is 51.6 Å². The van der Waals surface area contributed by atoms with E-state index in [0.29, 0.717) is 6.61 Å². The van der Waals surface area contributed by atoms with Gasteiger partial charge in [0.15, 0.2) is 0 Å². The molecule has 0 fully saturated rings. The van der Waals surface area contributed by atoms with Gasteiger partial charge in [-0.05, 0) is 25.7 Å². The van der Waals surface area contributed by atoms with Gasteiger partial charge in [-0.15, -0.1) is 0 Å². The molecule has 0 aliphatic heterocycles. The van der Waals surface area contributed by atoms with Gasteiger partial charge in [0.2, 0.25) is 0 Å². The van der Waals surface area contributed by atoms with Crippen LogP contribution in [0.2, 0.25) is 0 Å². The minimum Gasteiger partial charge on any atom is -0.394 e. The van der Waals surface area contributed by atoms with Crippen molar-refractivity contribution in [3.05, 3.63) is 12.2 Å². The molecule has 0 aliphatic rings. The van der Waals surface area contributed by atoms with Crippen molar-refractivity contribution in [2.24, 2.45) is 0 Å².